The summed E-state index contributed by atoms with van der Waals surface area (Å²) in [6, 6.07) is 5.89. The van der Waals surface area contributed by atoms with Gasteiger partial charge in [-0.2, -0.15) is 0 Å². The van der Waals surface area contributed by atoms with Crippen LogP contribution in [0.25, 0.3) is 11.4 Å². The Bertz CT molecular complexity index is 420. The van der Waals surface area contributed by atoms with E-state index in [0.29, 0.717) is 5.95 Å². The molecule has 0 aliphatic carbocycles. The van der Waals surface area contributed by atoms with E-state index in [-0.39, 0.29) is 0 Å². The van der Waals surface area contributed by atoms with Crippen LogP contribution in [0.3, 0.4) is 0 Å². The minimum Gasteiger partial charge on any atom is -0.360 e. The number of anilines is 1. The predicted octanol–water partition coefficient (Wildman–Crippen LogP) is 1.82. The molecular formula is C10H12N4. The standard InChI is InChI=1S/C10H12N4/c1-7-6-9(8-4-3-5-12-8)14-10(11-2)13-7/h3-6,12H,1-2H3,(H,11,13,14). The molecule has 14 heavy (non-hydrogen) atoms. The highest BCUT2D eigenvalue weighted by molar-refractivity contribution is 5.56. The first-order valence-corrected chi connectivity index (χ1v) is 4.47. The van der Waals surface area contributed by atoms with Gasteiger partial charge in [-0.25, -0.2) is 9.97 Å². The van der Waals surface area contributed by atoms with Crippen LogP contribution in [0.1, 0.15) is 5.69 Å². The van der Waals surface area contributed by atoms with Crippen molar-refractivity contribution in [3.05, 3.63) is 30.1 Å². The molecule has 0 saturated heterocycles. The first-order chi connectivity index (χ1) is 6.79. The van der Waals surface area contributed by atoms with Gasteiger partial charge in [0, 0.05) is 18.9 Å². The van der Waals surface area contributed by atoms with Gasteiger partial charge in [-0.15, -0.1) is 0 Å². The van der Waals surface area contributed by atoms with Crippen LogP contribution < -0.4 is 5.32 Å². The molecule has 0 saturated carbocycles. The molecule has 4 heteroatoms. The first kappa shape index (κ1) is 8.74. The highest BCUT2D eigenvalue weighted by atomic mass is 15.1. The van der Waals surface area contributed by atoms with Crippen molar-refractivity contribution >= 4 is 5.95 Å². The van der Waals surface area contributed by atoms with E-state index in [1.165, 1.54) is 0 Å². The molecule has 2 rings (SSSR count). The van der Waals surface area contributed by atoms with Crippen LogP contribution >= 0.6 is 0 Å². The van der Waals surface area contributed by atoms with Crippen LogP contribution in [0, 0.1) is 6.92 Å². The van der Waals surface area contributed by atoms with Crippen LogP contribution in [0.2, 0.25) is 0 Å². The molecule has 2 heterocycles. The second-order valence-electron chi connectivity index (χ2n) is 3.05. The van der Waals surface area contributed by atoms with Gasteiger partial charge in [0.2, 0.25) is 5.95 Å². The zero-order valence-electron chi connectivity index (χ0n) is 8.20. The van der Waals surface area contributed by atoms with E-state index in [2.05, 4.69) is 20.3 Å². The monoisotopic (exact) mass is 188 g/mol. The van der Waals surface area contributed by atoms with Gasteiger partial charge in [-0.1, -0.05) is 0 Å². The summed E-state index contributed by atoms with van der Waals surface area (Å²) in [5.41, 5.74) is 2.87. The van der Waals surface area contributed by atoms with Crippen molar-refractivity contribution in [3.63, 3.8) is 0 Å². The number of aryl methyl sites for hydroxylation is 1. The Labute approximate surface area is 82.4 Å². The van der Waals surface area contributed by atoms with E-state index in [1.54, 1.807) is 0 Å². The third-order valence-corrected chi connectivity index (χ3v) is 1.95. The fraction of sp³-hybridized carbons (Fsp3) is 0.200. The fourth-order valence-electron chi connectivity index (χ4n) is 1.31. The lowest BCUT2D eigenvalue weighted by Crippen LogP contribution is -1.99. The first-order valence-electron chi connectivity index (χ1n) is 4.47. The number of nitrogens with zero attached hydrogens (tertiary/aromatic N) is 2. The number of hydrogen-bond donors (Lipinski definition) is 2. The third-order valence-electron chi connectivity index (χ3n) is 1.95. The van der Waals surface area contributed by atoms with Gasteiger partial charge >= 0.3 is 0 Å². The van der Waals surface area contributed by atoms with Crippen molar-refractivity contribution < 1.29 is 0 Å². The van der Waals surface area contributed by atoms with Crippen molar-refractivity contribution in [2.24, 2.45) is 0 Å². The van der Waals surface area contributed by atoms with Crippen molar-refractivity contribution in [1.82, 2.24) is 15.0 Å². The minimum absolute atomic E-state index is 0.648. The fourth-order valence-corrected chi connectivity index (χ4v) is 1.31. The number of hydrogen-bond acceptors (Lipinski definition) is 3. The van der Waals surface area contributed by atoms with E-state index < -0.39 is 0 Å². The number of nitrogens with one attached hydrogen (secondary N) is 2. The van der Waals surface area contributed by atoms with Gasteiger partial charge in [-0.05, 0) is 25.1 Å². The van der Waals surface area contributed by atoms with Crippen LogP contribution in [-0.4, -0.2) is 22.0 Å². The summed E-state index contributed by atoms with van der Waals surface area (Å²) in [4.78, 5) is 11.7. The molecular weight excluding hydrogens is 176 g/mol. The largest absolute Gasteiger partial charge is 0.360 e. The average molecular weight is 188 g/mol. The molecule has 0 aromatic carbocycles. The quantitative estimate of drug-likeness (QED) is 0.755. The highest BCUT2D eigenvalue weighted by Crippen LogP contribution is 2.16. The van der Waals surface area contributed by atoms with E-state index >= 15 is 0 Å². The van der Waals surface area contributed by atoms with Gasteiger partial charge in [0.15, 0.2) is 0 Å². The predicted molar refractivity (Wildman–Crippen MR) is 56.1 cm³/mol. The Morgan fingerprint density at radius 2 is 2.21 bits per heavy atom. The Hall–Kier alpha value is -1.84. The number of rotatable bonds is 2. The van der Waals surface area contributed by atoms with Crippen LogP contribution in [0.15, 0.2) is 24.4 Å². The Morgan fingerprint density at radius 3 is 2.86 bits per heavy atom. The van der Waals surface area contributed by atoms with Crippen molar-refractivity contribution in [2.75, 3.05) is 12.4 Å². The Morgan fingerprint density at radius 1 is 1.36 bits per heavy atom. The lowest BCUT2D eigenvalue weighted by Gasteiger charge is -2.03. The summed E-state index contributed by atoms with van der Waals surface area (Å²) in [6.45, 7) is 1.95. The van der Waals surface area contributed by atoms with E-state index in [0.717, 1.165) is 17.1 Å². The maximum absolute atomic E-state index is 4.34. The smallest absolute Gasteiger partial charge is 0.223 e. The molecule has 0 amide bonds. The Balaban J connectivity index is 2.48. The van der Waals surface area contributed by atoms with E-state index in [9.17, 15) is 0 Å². The maximum atomic E-state index is 4.34. The van der Waals surface area contributed by atoms with E-state index in [1.807, 2.05) is 38.4 Å². The van der Waals surface area contributed by atoms with Crippen molar-refractivity contribution in [3.8, 4) is 11.4 Å². The molecule has 0 unspecified atom stereocenters. The maximum Gasteiger partial charge on any atom is 0.223 e. The van der Waals surface area contributed by atoms with Gasteiger partial charge in [0.25, 0.3) is 0 Å². The molecule has 2 aromatic heterocycles. The minimum atomic E-state index is 0.648. The van der Waals surface area contributed by atoms with Gasteiger partial charge < -0.3 is 10.3 Å². The molecule has 72 valence electrons. The highest BCUT2D eigenvalue weighted by Gasteiger charge is 2.03. The summed E-state index contributed by atoms with van der Waals surface area (Å²) in [5.74, 6) is 0.648. The van der Waals surface area contributed by atoms with Crippen molar-refractivity contribution in [2.45, 2.75) is 6.92 Å². The number of aromatic amines is 1. The molecule has 0 aliphatic rings. The number of H-pyrrole nitrogens is 1. The zero-order valence-corrected chi connectivity index (χ0v) is 8.20. The molecule has 2 aromatic rings. The molecule has 4 nitrogen and oxygen atoms in total. The van der Waals surface area contributed by atoms with Gasteiger partial charge in [0.1, 0.15) is 0 Å². The summed E-state index contributed by atoms with van der Waals surface area (Å²) in [5, 5.41) is 2.93. The average Bonchev–Trinajstić information content (AvgIpc) is 2.69. The molecule has 0 radical (unpaired) electrons. The SMILES string of the molecule is CNc1nc(C)cc(-c2ccc[nH]2)n1. The molecule has 0 bridgehead atoms. The van der Waals surface area contributed by atoms with Crippen LogP contribution in [-0.2, 0) is 0 Å². The second-order valence-corrected chi connectivity index (χ2v) is 3.05. The van der Waals surface area contributed by atoms with Crippen molar-refractivity contribution in [1.29, 1.82) is 0 Å². The third kappa shape index (κ3) is 1.59. The summed E-state index contributed by atoms with van der Waals surface area (Å²) in [6.07, 6.45) is 1.88. The van der Waals surface area contributed by atoms with Crippen LogP contribution in [0.4, 0.5) is 5.95 Å². The lowest BCUT2D eigenvalue weighted by atomic mass is 10.2. The molecule has 0 spiro atoms. The summed E-state index contributed by atoms with van der Waals surface area (Å²) >= 11 is 0. The normalized spacial score (nSPS) is 10.1. The topological polar surface area (TPSA) is 53.6 Å². The second kappa shape index (κ2) is 3.49. The zero-order chi connectivity index (χ0) is 9.97. The molecule has 2 N–H and O–H groups in total. The molecule has 0 fully saturated rings. The van der Waals surface area contributed by atoms with E-state index in [4.69, 9.17) is 0 Å². The molecule has 0 atom stereocenters. The van der Waals surface area contributed by atoms with Gasteiger partial charge in [0.05, 0.1) is 11.4 Å². The summed E-state index contributed by atoms with van der Waals surface area (Å²) in [7, 11) is 1.81. The summed E-state index contributed by atoms with van der Waals surface area (Å²) < 4.78 is 0. The number of aromatic nitrogens is 3. The van der Waals surface area contributed by atoms with Gasteiger partial charge in [-0.3, -0.25) is 0 Å². The lowest BCUT2D eigenvalue weighted by molar-refractivity contribution is 1.09. The Kier molecular flexibility index (Phi) is 2.18. The van der Waals surface area contributed by atoms with Crippen LogP contribution in [0.5, 0.6) is 0 Å². The molecule has 0 aliphatic heterocycles.